The molecule has 1 heterocycles. The van der Waals surface area contributed by atoms with Gasteiger partial charge < -0.3 is 4.74 Å². The van der Waals surface area contributed by atoms with Crippen LogP contribution in [0.5, 0.6) is 5.75 Å². The van der Waals surface area contributed by atoms with Gasteiger partial charge in [-0.15, -0.1) is 5.11 Å². The molecule has 0 unspecified atom stereocenters. The molecule has 148 valence electrons. The molecule has 0 spiro atoms. The van der Waals surface area contributed by atoms with Gasteiger partial charge in [0.05, 0.1) is 34.4 Å². The molecule has 3 rings (SSSR count). The number of nitrogens with zero attached hydrogens (tertiary/aromatic N) is 5. The molecule has 0 aliphatic rings. The monoisotopic (exact) mass is 398 g/mol. The average molecular weight is 398 g/mol. The van der Waals surface area contributed by atoms with Crippen LogP contribution in [0.3, 0.4) is 0 Å². The van der Waals surface area contributed by atoms with Crippen LogP contribution < -0.4 is 10.3 Å². The normalized spacial score (nSPS) is 11.0. The minimum absolute atomic E-state index is 0.0477. The summed E-state index contributed by atoms with van der Waals surface area (Å²) in [6.07, 6.45) is 0. The Morgan fingerprint density at radius 3 is 2.31 bits per heavy atom. The van der Waals surface area contributed by atoms with Gasteiger partial charge in [0.1, 0.15) is 11.4 Å². The molecular formula is C17H14N6O6. The smallest absolute Gasteiger partial charge is 0.301 e. The highest BCUT2D eigenvalue weighted by molar-refractivity contribution is 5.59. The van der Waals surface area contributed by atoms with Crippen molar-refractivity contribution in [1.82, 2.24) is 9.78 Å². The molecule has 3 aromatic rings. The lowest BCUT2D eigenvalue weighted by Gasteiger charge is -2.02. The van der Waals surface area contributed by atoms with Gasteiger partial charge in [0.2, 0.25) is 0 Å². The molecular weight excluding hydrogens is 384 g/mol. The van der Waals surface area contributed by atoms with E-state index in [1.807, 2.05) is 0 Å². The van der Waals surface area contributed by atoms with Gasteiger partial charge in [0.25, 0.3) is 11.2 Å². The Labute approximate surface area is 162 Å². The van der Waals surface area contributed by atoms with Crippen molar-refractivity contribution in [1.29, 1.82) is 0 Å². The van der Waals surface area contributed by atoms with Crippen LogP contribution in [0.25, 0.3) is 5.69 Å². The number of aromatic amines is 1. The maximum Gasteiger partial charge on any atom is 0.301 e. The standard InChI is InChI=1S/C17H14N6O6/c1-10-16(19-18-11-3-6-13(29-2)7-4-11)17(24)21(20-10)14-8-5-12(22(25)26)9-15(14)23(27)28/h3-9,20H,1-2H3. The van der Waals surface area contributed by atoms with Gasteiger partial charge in [-0.05, 0) is 37.3 Å². The van der Waals surface area contributed by atoms with E-state index in [0.717, 1.165) is 22.9 Å². The van der Waals surface area contributed by atoms with Crippen molar-refractivity contribution < 1.29 is 14.6 Å². The zero-order valence-electron chi connectivity index (χ0n) is 15.2. The predicted molar refractivity (Wildman–Crippen MR) is 102 cm³/mol. The lowest BCUT2D eigenvalue weighted by molar-refractivity contribution is -0.394. The number of hydrogen-bond donors (Lipinski definition) is 1. The van der Waals surface area contributed by atoms with E-state index in [1.165, 1.54) is 7.11 Å². The van der Waals surface area contributed by atoms with Crippen molar-refractivity contribution in [2.45, 2.75) is 6.92 Å². The molecule has 1 N–H and O–H groups in total. The van der Waals surface area contributed by atoms with Crippen molar-refractivity contribution in [2.24, 2.45) is 10.2 Å². The number of nitro groups is 2. The molecule has 0 amide bonds. The number of ether oxygens (including phenoxy) is 1. The topological polar surface area (TPSA) is 158 Å². The zero-order chi connectivity index (χ0) is 21.1. The Morgan fingerprint density at radius 1 is 1.03 bits per heavy atom. The molecule has 2 aromatic carbocycles. The molecule has 0 atom stereocenters. The summed E-state index contributed by atoms with van der Waals surface area (Å²) in [6.45, 7) is 1.55. The van der Waals surface area contributed by atoms with Crippen molar-refractivity contribution in [3.8, 4) is 11.4 Å². The number of hydrogen-bond acceptors (Lipinski definition) is 8. The molecule has 29 heavy (non-hydrogen) atoms. The molecule has 0 bridgehead atoms. The summed E-state index contributed by atoms with van der Waals surface area (Å²) in [7, 11) is 1.53. The van der Waals surface area contributed by atoms with E-state index in [2.05, 4.69) is 15.3 Å². The third kappa shape index (κ3) is 3.85. The van der Waals surface area contributed by atoms with Crippen LogP contribution >= 0.6 is 0 Å². The second-order valence-corrected chi connectivity index (χ2v) is 5.81. The molecule has 12 heteroatoms. The first kappa shape index (κ1) is 19.4. The highest BCUT2D eigenvalue weighted by atomic mass is 16.6. The quantitative estimate of drug-likeness (QED) is 0.378. The number of aryl methyl sites for hydroxylation is 1. The highest BCUT2D eigenvalue weighted by Crippen LogP contribution is 2.28. The Bertz CT molecular complexity index is 1180. The summed E-state index contributed by atoms with van der Waals surface area (Å²) in [4.78, 5) is 33.4. The van der Waals surface area contributed by atoms with Gasteiger partial charge in [-0.1, -0.05) is 0 Å². The first-order valence-corrected chi connectivity index (χ1v) is 8.12. The number of azo groups is 1. The van der Waals surface area contributed by atoms with Gasteiger partial charge in [-0.3, -0.25) is 30.1 Å². The Morgan fingerprint density at radius 2 is 1.72 bits per heavy atom. The predicted octanol–water partition coefficient (Wildman–Crippen LogP) is 3.71. The Kier molecular flexibility index (Phi) is 5.17. The first-order valence-electron chi connectivity index (χ1n) is 8.12. The lowest BCUT2D eigenvalue weighted by atomic mass is 10.2. The van der Waals surface area contributed by atoms with E-state index in [9.17, 15) is 25.0 Å². The van der Waals surface area contributed by atoms with E-state index in [0.29, 0.717) is 17.1 Å². The molecule has 0 saturated heterocycles. The van der Waals surface area contributed by atoms with Gasteiger partial charge in [-0.2, -0.15) is 5.11 Å². The molecule has 1 aromatic heterocycles. The SMILES string of the molecule is COc1ccc(N=Nc2c(C)[nH]n(-c3ccc([N+](=O)[O-])cc3[N+](=O)[O-])c2=O)cc1. The van der Waals surface area contributed by atoms with Crippen LogP contribution in [0.2, 0.25) is 0 Å². The number of aromatic nitrogens is 2. The van der Waals surface area contributed by atoms with E-state index in [1.54, 1.807) is 31.2 Å². The highest BCUT2D eigenvalue weighted by Gasteiger charge is 2.24. The van der Waals surface area contributed by atoms with Crippen molar-refractivity contribution in [2.75, 3.05) is 7.11 Å². The molecule has 0 aliphatic heterocycles. The number of nitrogens with one attached hydrogen (secondary N) is 1. The van der Waals surface area contributed by atoms with Gasteiger partial charge in [0, 0.05) is 6.07 Å². The van der Waals surface area contributed by atoms with Gasteiger partial charge in [-0.25, -0.2) is 4.68 Å². The first-order chi connectivity index (χ1) is 13.8. The van der Waals surface area contributed by atoms with Crippen molar-refractivity contribution >= 4 is 22.7 Å². The van der Waals surface area contributed by atoms with Crippen LogP contribution in [0, 0.1) is 27.2 Å². The Balaban J connectivity index is 2.03. The van der Waals surface area contributed by atoms with Crippen LogP contribution in [-0.4, -0.2) is 26.7 Å². The molecule has 0 fully saturated rings. The maximum absolute atomic E-state index is 12.7. The molecule has 0 saturated carbocycles. The maximum atomic E-state index is 12.7. The van der Waals surface area contributed by atoms with Crippen LogP contribution in [0.1, 0.15) is 5.69 Å². The number of rotatable bonds is 6. The largest absolute Gasteiger partial charge is 0.497 e. The van der Waals surface area contributed by atoms with E-state index in [-0.39, 0.29) is 11.4 Å². The minimum Gasteiger partial charge on any atom is -0.497 e. The summed E-state index contributed by atoms with van der Waals surface area (Å²) in [5.74, 6) is 0.634. The molecule has 0 radical (unpaired) electrons. The lowest BCUT2D eigenvalue weighted by Crippen LogP contribution is -2.15. The number of benzene rings is 2. The third-order valence-electron chi connectivity index (χ3n) is 3.99. The van der Waals surface area contributed by atoms with Gasteiger partial charge >= 0.3 is 5.69 Å². The van der Waals surface area contributed by atoms with Crippen molar-refractivity contribution in [3.05, 3.63) is 78.7 Å². The molecule has 12 nitrogen and oxygen atoms in total. The fraction of sp³-hybridized carbons (Fsp3) is 0.118. The van der Waals surface area contributed by atoms with Crippen LogP contribution in [0.15, 0.2) is 57.5 Å². The third-order valence-corrected chi connectivity index (χ3v) is 3.99. The summed E-state index contributed by atoms with van der Waals surface area (Å²) in [6, 6.07) is 9.62. The summed E-state index contributed by atoms with van der Waals surface area (Å²) in [5, 5.41) is 32.8. The number of methoxy groups -OCH3 is 1. The van der Waals surface area contributed by atoms with E-state index in [4.69, 9.17) is 4.74 Å². The summed E-state index contributed by atoms with van der Waals surface area (Å²) >= 11 is 0. The number of H-pyrrole nitrogens is 1. The van der Waals surface area contributed by atoms with E-state index >= 15 is 0 Å². The second kappa shape index (κ2) is 7.72. The van der Waals surface area contributed by atoms with E-state index < -0.39 is 26.8 Å². The minimum atomic E-state index is -0.802. The number of non-ortho nitro benzene ring substituents is 1. The summed E-state index contributed by atoms with van der Waals surface area (Å²) in [5.41, 5.74) is -1.15. The summed E-state index contributed by atoms with van der Waals surface area (Å²) < 4.78 is 5.95. The number of nitro benzene ring substituents is 2. The van der Waals surface area contributed by atoms with Gasteiger partial charge in [0.15, 0.2) is 5.69 Å². The fourth-order valence-electron chi connectivity index (χ4n) is 2.54. The second-order valence-electron chi connectivity index (χ2n) is 5.81. The Hall–Kier alpha value is -4.35. The van der Waals surface area contributed by atoms with Crippen LogP contribution in [0.4, 0.5) is 22.7 Å². The fourth-order valence-corrected chi connectivity index (χ4v) is 2.54. The molecule has 0 aliphatic carbocycles. The average Bonchev–Trinajstić information content (AvgIpc) is 2.99. The van der Waals surface area contributed by atoms with Crippen LogP contribution in [-0.2, 0) is 0 Å². The zero-order valence-corrected chi connectivity index (χ0v) is 15.2. The van der Waals surface area contributed by atoms with Crippen molar-refractivity contribution in [3.63, 3.8) is 0 Å².